The molecule has 0 radical (unpaired) electrons. The van der Waals surface area contributed by atoms with Crippen LogP contribution < -0.4 is 10.6 Å². The van der Waals surface area contributed by atoms with E-state index in [2.05, 4.69) is 10.6 Å². The Labute approximate surface area is 136 Å². The summed E-state index contributed by atoms with van der Waals surface area (Å²) in [4.78, 5) is 26.9. The fraction of sp³-hybridized carbons (Fsp3) is 0.529. The number of amides is 2. The maximum atomic E-state index is 12.7. The summed E-state index contributed by atoms with van der Waals surface area (Å²) < 4.78 is 5.29. The van der Waals surface area contributed by atoms with Crippen molar-refractivity contribution in [3.63, 3.8) is 0 Å². The highest BCUT2D eigenvalue weighted by Crippen LogP contribution is 2.22. The number of ether oxygens (including phenoxy) is 1. The fourth-order valence-corrected chi connectivity index (χ4v) is 2.84. The van der Waals surface area contributed by atoms with Crippen molar-refractivity contribution in [2.75, 3.05) is 44.7 Å². The van der Waals surface area contributed by atoms with Gasteiger partial charge < -0.3 is 20.3 Å². The van der Waals surface area contributed by atoms with Crippen LogP contribution in [0.15, 0.2) is 24.3 Å². The summed E-state index contributed by atoms with van der Waals surface area (Å²) in [5.41, 5.74) is 1.13. The topological polar surface area (TPSA) is 70.7 Å². The maximum Gasteiger partial charge on any atom is 0.256 e. The average molecular weight is 317 g/mol. The number of nitrogens with zero attached hydrogens (tertiary/aromatic N) is 1. The molecule has 2 heterocycles. The van der Waals surface area contributed by atoms with Crippen LogP contribution in [0.3, 0.4) is 0 Å². The SMILES string of the molecule is CC(C(=O)Nc1ccccc1C(=O)N1CCOCC1)C1CNC1. The molecule has 6 heteroatoms. The number of nitrogens with one attached hydrogen (secondary N) is 2. The molecule has 2 aliphatic heterocycles. The Morgan fingerprint density at radius 1 is 1.26 bits per heavy atom. The number of rotatable bonds is 4. The van der Waals surface area contributed by atoms with Crippen LogP contribution in [0.2, 0.25) is 0 Å². The van der Waals surface area contributed by atoms with Crippen molar-refractivity contribution in [1.82, 2.24) is 10.2 Å². The van der Waals surface area contributed by atoms with E-state index in [0.717, 1.165) is 13.1 Å². The Kier molecular flexibility index (Phi) is 4.93. The molecule has 1 unspecified atom stereocenters. The van der Waals surface area contributed by atoms with E-state index < -0.39 is 0 Å². The van der Waals surface area contributed by atoms with Crippen molar-refractivity contribution < 1.29 is 14.3 Å². The van der Waals surface area contributed by atoms with Gasteiger partial charge in [0.1, 0.15) is 0 Å². The summed E-state index contributed by atoms with van der Waals surface area (Å²) in [6, 6.07) is 7.21. The quantitative estimate of drug-likeness (QED) is 0.867. The molecule has 2 saturated heterocycles. The van der Waals surface area contributed by atoms with Crippen LogP contribution >= 0.6 is 0 Å². The molecule has 2 N–H and O–H groups in total. The lowest BCUT2D eigenvalue weighted by atomic mass is 9.88. The molecule has 2 fully saturated rings. The van der Waals surface area contributed by atoms with Crippen molar-refractivity contribution in [3.8, 4) is 0 Å². The first kappa shape index (κ1) is 16.0. The predicted molar refractivity (Wildman–Crippen MR) is 87.3 cm³/mol. The first-order valence-corrected chi connectivity index (χ1v) is 8.14. The van der Waals surface area contributed by atoms with Gasteiger partial charge in [-0.3, -0.25) is 9.59 Å². The standard InChI is InChI=1S/C17H23N3O3/c1-12(13-10-18-11-13)16(21)19-15-5-3-2-4-14(15)17(22)20-6-8-23-9-7-20/h2-5,12-13,18H,6-11H2,1H3,(H,19,21). The summed E-state index contributed by atoms with van der Waals surface area (Å²) in [5, 5.41) is 6.11. The number of hydrogen-bond donors (Lipinski definition) is 2. The van der Waals surface area contributed by atoms with Gasteiger partial charge in [0, 0.05) is 19.0 Å². The average Bonchev–Trinajstić information content (AvgIpc) is 2.54. The first-order valence-electron chi connectivity index (χ1n) is 8.14. The number of para-hydroxylation sites is 1. The minimum absolute atomic E-state index is 0.0290. The normalized spacial score (nSPS) is 19.8. The van der Waals surface area contributed by atoms with Crippen molar-refractivity contribution in [2.24, 2.45) is 11.8 Å². The van der Waals surface area contributed by atoms with E-state index in [1.165, 1.54) is 0 Å². The van der Waals surface area contributed by atoms with Crippen LogP contribution in [-0.4, -0.2) is 56.1 Å². The Bertz CT molecular complexity index is 580. The largest absolute Gasteiger partial charge is 0.378 e. The lowest BCUT2D eigenvalue weighted by molar-refractivity contribution is -0.121. The molecule has 2 aliphatic rings. The zero-order valence-corrected chi connectivity index (χ0v) is 13.4. The molecule has 1 aromatic rings. The van der Waals surface area contributed by atoms with Gasteiger partial charge in [-0.05, 0) is 31.1 Å². The maximum absolute atomic E-state index is 12.7. The molecule has 0 saturated carbocycles. The Balaban J connectivity index is 1.72. The number of carbonyl (C=O) groups excluding carboxylic acids is 2. The highest BCUT2D eigenvalue weighted by molar-refractivity contribution is 6.04. The Morgan fingerprint density at radius 3 is 2.61 bits per heavy atom. The third-order valence-electron chi connectivity index (χ3n) is 4.65. The van der Waals surface area contributed by atoms with Gasteiger partial charge in [-0.2, -0.15) is 0 Å². The van der Waals surface area contributed by atoms with E-state index in [0.29, 0.717) is 43.5 Å². The first-order chi connectivity index (χ1) is 11.2. The van der Waals surface area contributed by atoms with E-state index in [4.69, 9.17) is 4.74 Å². The molecule has 0 aromatic heterocycles. The molecule has 6 nitrogen and oxygen atoms in total. The second-order valence-electron chi connectivity index (χ2n) is 6.15. The minimum Gasteiger partial charge on any atom is -0.378 e. The zero-order chi connectivity index (χ0) is 16.2. The van der Waals surface area contributed by atoms with Crippen LogP contribution in [0, 0.1) is 11.8 Å². The van der Waals surface area contributed by atoms with E-state index >= 15 is 0 Å². The van der Waals surface area contributed by atoms with Crippen molar-refractivity contribution in [1.29, 1.82) is 0 Å². The van der Waals surface area contributed by atoms with E-state index in [1.807, 2.05) is 19.1 Å². The second kappa shape index (κ2) is 7.10. The molecule has 0 aliphatic carbocycles. The number of hydrogen-bond acceptors (Lipinski definition) is 4. The summed E-state index contributed by atoms with van der Waals surface area (Å²) in [5.74, 6) is 0.223. The third kappa shape index (κ3) is 3.54. The highest BCUT2D eigenvalue weighted by atomic mass is 16.5. The van der Waals surface area contributed by atoms with Crippen LogP contribution in [0.4, 0.5) is 5.69 Å². The predicted octanol–water partition coefficient (Wildman–Crippen LogP) is 0.953. The Morgan fingerprint density at radius 2 is 1.96 bits per heavy atom. The summed E-state index contributed by atoms with van der Waals surface area (Å²) in [7, 11) is 0. The molecular weight excluding hydrogens is 294 g/mol. The van der Waals surface area contributed by atoms with E-state index in [1.54, 1.807) is 17.0 Å². The summed E-state index contributed by atoms with van der Waals surface area (Å²) in [6.07, 6.45) is 0. The summed E-state index contributed by atoms with van der Waals surface area (Å²) in [6.45, 7) is 5.99. The van der Waals surface area contributed by atoms with Gasteiger partial charge >= 0.3 is 0 Å². The van der Waals surface area contributed by atoms with Crippen LogP contribution in [0.25, 0.3) is 0 Å². The molecule has 3 rings (SSSR count). The van der Waals surface area contributed by atoms with Crippen molar-refractivity contribution in [3.05, 3.63) is 29.8 Å². The number of morpholine rings is 1. The Hall–Kier alpha value is -1.92. The monoisotopic (exact) mass is 317 g/mol. The zero-order valence-electron chi connectivity index (χ0n) is 13.4. The van der Waals surface area contributed by atoms with Gasteiger partial charge in [0.15, 0.2) is 0 Å². The van der Waals surface area contributed by atoms with Crippen molar-refractivity contribution >= 4 is 17.5 Å². The highest BCUT2D eigenvalue weighted by Gasteiger charge is 2.29. The van der Waals surface area contributed by atoms with Crippen molar-refractivity contribution in [2.45, 2.75) is 6.92 Å². The minimum atomic E-state index is -0.0669. The molecule has 23 heavy (non-hydrogen) atoms. The van der Waals surface area contributed by atoms with Crippen LogP contribution in [-0.2, 0) is 9.53 Å². The molecular formula is C17H23N3O3. The fourth-order valence-electron chi connectivity index (χ4n) is 2.84. The molecule has 1 atom stereocenters. The second-order valence-corrected chi connectivity index (χ2v) is 6.15. The van der Waals surface area contributed by atoms with E-state index in [9.17, 15) is 9.59 Å². The van der Waals surface area contributed by atoms with Gasteiger partial charge in [0.2, 0.25) is 5.91 Å². The lowest BCUT2D eigenvalue weighted by Gasteiger charge is -2.32. The molecule has 2 amide bonds. The number of benzene rings is 1. The van der Waals surface area contributed by atoms with Gasteiger partial charge in [0.25, 0.3) is 5.91 Å². The molecule has 124 valence electrons. The lowest BCUT2D eigenvalue weighted by Crippen LogP contribution is -2.48. The smallest absolute Gasteiger partial charge is 0.256 e. The molecule has 1 aromatic carbocycles. The van der Waals surface area contributed by atoms with Gasteiger partial charge in [-0.25, -0.2) is 0 Å². The van der Waals surface area contributed by atoms with Crippen LogP contribution in [0.5, 0.6) is 0 Å². The molecule has 0 spiro atoms. The van der Waals surface area contributed by atoms with Gasteiger partial charge in [-0.15, -0.1) is 0 Å². The van der Waals surface area contributed by atoms with Gasteiger partial charge in [-0.1, -0.05) is 19.1 Å². The number of carbonyl (C=O) groups is 2. The molecule has 0 bridgehead atoms. The summed E-state index contributed by atoms with van der Waals surface area (Å²) >= 11 is 0. The van der Waals surface area contributed by atoms with Gasteiger partial charge in [0.05, 0.1) is 24.5 Å². The number of anilines is 1. The van der Waals surface area contributed by atoms with E-state index in [-0.39, 0.29) is 17.7 Å². The third-order valence-corrected chi connectivity index (χ3v) is 4.65. The van der Waals surface area contributed by atoms with Crippen LogP contribution in [0.1, 0.15) is 17.3 Å².